The predicted molar refractivity (Wildman–Crippen MR) is 102 cm³/mol. The summed E-state index contributed by atoms with van der Waals surface area (Å²) in [5, 5.41) is 10.3. The lowest BCUT2D eigenvalue weighted by Crippen LogP contribution is -2.37. The van der Waals surface area contributed by atoms with Crippen LogP contribution in [0.15, 0.2) is 0 Å². The Bertz CT molecular complexity index is 596. The molecule has 170 valence electrons. The molecule has 2 fully saturated rings. The van der Waals surface area contributed by atoms with E-state index in [0.717, 1.165) is 0 Å². The van der Waals surface area contributed by atoms with Crippen molar-refractivity contribution in [2.45, 2.75) is 97.1 Å². The number of carbonyl (C=O) groups excluding carboxylic acids is 1. The van der Waals surface area contributed by atoms with E-state index in [1.807, 2.05) is 27.7 Å². The van der Waals surface area contributed by atoms with Crippen molar-refractivity contribution in [1.82, 2.24) is 0 Å². The second-order valence-electron chi connectivity index (χ2n) is 8.58. The Morgan fingerprint density at radius 1 is 1.17 bits per heavy atom. The second-order valence-corrected chi connectivity index (χ2v) is 9.87. The largest absolute Gasteiger partial charge is 0.746 e. The number of phosphoric ester groups is 1. The molecule has 9 nitrogen and oxygen atoms in total. The second kappa shape index (κ2) is 10.2. The maximum Gasteiger partial charge on any atom is 0.343 e. The number of hydrogen-bond acceptors (Lipinski definition) is 9. The molecule has 0 aromatic rings. The maximum atomic E-state index is 12.4. The molecule has 1 saturated carbocycles. The van der Waals surface area contributed by atoms with Crippen molar-refractivity contribution in [3.05, 3.63) is 0 Å². The first-order valence-electron chi connectivity index (χ1n) is 10.2. The summed E-state index contributed by atoms with van der Waals surface area (Å²) < 4.78 is 39.0. The Balaban J connectivity index is 2.00. The van der Waals surface area contributed by atoms with Gasteiger partial charge in [-0.15, -0.1) is 0 Å². The standard InChI is InChI=1S/C19H35O9P/c1-10(2)24-9-14-15(7-12(5)17(14)20)27-29(22,23)28-19(21)18-16(25-11(3)4)8-13(6)26-18/h10-18,20H,7-9H2,1-6H3,(H,22,23)/p-1. The highest BCUT2D eigenvalue weighted by atomic mass is 31.2. The lowest BCUT2D eigenvalue weighted by molar-refractivity contribution is -0.232. The first-order chi connectivity index (χ1) is 13.4. The van der Waals surface area contributed by atoms with Gasteiger partial charge in [-0.1, -0.05) is 6.92 Å². The normalized spacial score (nSPS) is 37.2. The van der Waals surface area contributed by atoms with E-state index in [0.29, 0.717) is 12.8 Å². The molecule has 2 aliphatic rings. The zero-order valence-corrected chi connectivity index (χ0v) is 18.9. The van der Waals surface area contributed by atoms with Gasteiger partial charge in [0.05, 0.1) is 43.2 Å². The minimum Gasteiger partial charge on any atom is -0.746 e. The summed E-state index contributed by atoms with van der Waals surface area (Å²) in [6.07, 6.45) is -3.03. The van der Waals surface area contributed by atoms with Crippen LogP contribution in [0.5, 0.6) is 0 Å². The van der Waals surface area contributed by atoms with Crippen molar-refractivity contribution in [3.63, 3.8) is 0 Å². The fourth-order valence-electron chi connectivity index (χ4n) is 3.83. The first-order valence-corrected chi connectivity index (χ1v) is 11.7. The van der Waals surface area contributed by atoms with Gasteiger partial charge in [-0.25, -0.2) is 4.79 Å². The molecule has 1 N–H and O–H groups in total. The average Bonchev–Trinajstić information content (AvgIpc) is 3.04. The molecular weight excluding hydrogens is 403 g/mol. The molecule has 8 atom stereocenters. The number of hydrogen-bond donors (Lipinski definition) is 1. The van der Waals surface area contributed by atoms with Crippen LogP contribution >= 0.6 is 7.82 Å². The molecule has 29 heavy (non-hydrogen) atoms. The Morgan fingerprint density at radius 2 is 1.83 bits per heavy atom. The molecule has 0 radical (unpaired) electrons. The van der Waals surface area contributed by atoms with Gasteiger partial charge >= 0.3 is 13.8 Å². The topological polar surface area (TPSA) is 124 Å². The fourth-order valence-corrected chi connectivity index (χ4v) is 4.77. The van der Waals surface area contributed by atoms with E-state index in [2.05, 4.69) is 0 Å². The van der Waals surface area contributed by atoms with Gasteiger partial charge in [-0.05, 0) is 47.0 Å². The molecule has 0 spiro atoms. The molecule has 1 saturated heterocycles. The molecule has 1 aliphatic carbocycles. The number of aliphatic hydroxyl groups is 1. The highest BCUT2D eigenvalue weighted by Gasteiger charge is 2.45. The summed E-state index contributed by atoms with van der Waals surface area (Å²) in [6.45, 7) is 11.1. The summed E-state index contributed by atoms with van der Waals surface area (Å²) in [7, 11) is -4.97. The van der Waals surface area contributed by atoms with Crippen molar-refractivity contribution < 1.29 is 42.6 Å². The highest BCUT2D eigenvalue weighted by molar-refractivity contribution is 7.46. The van der Waals surface area contributed by atoms with Crippen molar-refractivity contribution in [2.75, 3.05) is 6.61 Å². The molecule has 0 aromatic carbocycles. The molecular formula is C19H34O9P-. The van der Waals surface area contributed by atoms with Crippen LogP contribution in [0.3, 0.4) is 0 Å². The highest BCUT2D eigenvalue weighted by Crippen LogP contribution is 2.47. The molecule has 1 aliphatic heterocycles. The maximum absolute atomic E-state index is 12.4. The van der Waals surface area contributed by atoms with Crippen LogP contribution < -0.4 is 4.89 Å². The summed E-state index contributed by atoms with van der Waals surface area (Å²) >= 11 is 0. The van der Waals surface area contributed by atoms with Crippen LogP contribution in [0, 0.1) is 11.8 Å². The zero-order chi connectivity index (χ0) is 21.9. The van der Waals surface area contributed by atoms with E-state index < -0.39 is 44.1 Å². The summed E-state index contributed by atoms with van der Waals surface area (Å²) in [5.41, 5.74) is 0. The molecule has 0 aromatic heterocycles. The van der Waals surface area contributed by atoms with Crippen LogP contribution in [0.4, 0.5) is 0 Å². The SMILES string of the molecule is CC(C)OCC1C(OP(=O)([O-])OC(=O)C2OC(C)CC2OC(C)C)CC(C)C1O. The Hall–Kier alpha value is -0.540. The van der Waals surface area contributed by atoms with Gasteiger partial charge in [0.1, 0.15) is 0 Å². The molecule has 10 heteroatoms. The van der Waals surface area contributed by atoms with Crippen LogP contribution in [0.25, 0.3) is 0 Å². The van der Waals surface area contributed by atoms with Crippen molar-refractivity contribution >= 4 is 13.8 Å². The molecule has 1 heterocycles. The van der Waals surface area contributed by atoms with Crippen LogP contribution in [-0.2, 0) is 32.6 Å². The van der Waals surface area contributed by atoms with E-state index in [-0.39, 0.29) is 30.8 Å². The molecule has 2 rings (SSSR count). The fraction of sp³-hybridized carbons (Fsp3) is 0.947. The predicted octanol–water partition coefficient (Wildman–Crippen LogP) is 1.80. The van der Waals surface area contributed by atoms with Crippen molar-refractivity contribution in [1.29, 1.82) is 0 Å². The van der Waals surface area contributed by atoms with Gasteiger partial charge < -0.3 is 33.3 Å². The van der Waals surface area contributed by atoms with Crippen LogP contribution in [0.1, 0.15) is 54.4 Å². The number of aliphatic hydroxyl groups excluding tert-OH is 1. The van der Waals surface area contributed by atoms with Crippen LogP contribution in [-0.4, -0.2) is 60.4 Å². The first kappa shape index (κ1) is 24.7. The zero-order valence-electron chi connectivity index (χ0n) is 18.0. The van der Waals surface area contributed by atoms with Gasteiger partial charge in [-0.2, -0.15) is 0 Å². The molecule has 0 amide bonds. The van der Waals surface area contributed by atoms with Crippen LogP contribution in [0.2, 0.25) is 0 Å². The van der Waals surface area contributed by atoms with Gasteiger partial charge in [0.2, 0.25) is 0 Å². The molecule has 0 bridgehead atoms. The summed E-state index contributed by atoms with van der Waals surface area (Å²) in [6, 6.07) is 0. The van der Waals surface area contributed by atoms with E-state index in [1.165, 1.54) is 0 Å². The summed E-state index contributed by atoms with van der Waals surface area (Å²) in [5.74, 6) is -1.76. The van der Waals surface area contributed by atoms with E-state index >= 15 is 0 Å². The van der Waals surface area contributed by atoms with Crippen molar-refractivity contribution in [3.8, 4) is 0 Å². The number of phosphoric acid groups is 1. The van der Waals surface area contributed by atoms with E-state index in [9.17, 15) is 19.4 Å². The summed E-state index contributed by atoms with van der Waals surface area (Å²) in [4.78, 5) is 24.8. The molecule has 8 unspecified atom stereocenters. The third-order valence-electron chi connectivity index (χ3n) is 5.15. The Kier molecular flexibility index (Phi) is 8.68. The smallest absolute Gasteiger partial charge is 0.343 e. The Morgan fingerprint density at radius 3 is 2.41 bits per heavy atom. The van der Waals surface area contributed by atoms with Gasteiger partial charge in [0, 0.05) is 12.3 Å². The average molecular weight is 437 g/mol. The van der Waals surface area contributed by atoms with Gasteiger partial charge in [0.25, 0.3) is 0 Å². The monoisotopic (exact) mass is 437 g/mol. The lowest BCUT2D eigenvalue weighted by atomic mass is 10.0. The quantitative estimate of drug-likeness (QED) is 0.538. The minimum atomic E-state index is -4.97. The van der Waals surface area contributed by atoms with Gasteiger partial charge in [-0.3, -0.25) is 4.57 Å². The third-order valence-corrected chi connectivity index (χ3v) is 6.08. The number of ether oxygens (including phenoxy) is 3. The minimum absolute atomic E-state index is 0.0740. The van der Waals surface area contributed by atoms with Crippen molar-refractivity contribution in [2.24, 2.45) is 11.8 Å². The Labute approximate surface area is 172 Å². The van der Waals surface area contributed by atoms with Gasteiger partial charge in [0.15, 0.2) is 6.10 Å². The lowest BCUT2D eigenvalue weighted by Gasteiger charge is -2.30. The number of carbonyl (C=O) groups is 1. The third kappa shape index (κ3) is 6.99. The van der Waals surface area contributed by atoms with E-state index in [4.69, 9.17) is 23.3 Å². The van der Waals surface area contributed by atoms with E-state index in [1.54, 1.807) is 13.8 Å². The number of rotatable bonds is 9.